The Morgan fingerprint density at radius 1 is 0.857 bits per heavy atom. The number of para-hydroxylation sites is 1. The Kier molecular flexibility index (Phi) is 6.97. The fraction of sp³-hybridized carbons (Fsp3) is 0.500. The van der Waals surface area contributed by atoms with Crippen LogP contribution in [0, 0.1) is 6.92 Å². The smallest absolute Gasteiger partial charge is 0.264 e. The summed E-state index contributed by atoms with van der Waals surface area (Å²) in [6.45, 7) is 16.9. The highest BCUT2D eigenvalue weighted by Crippen LogP contribution is 2.38. The number of hydrogen-bond acceptors (Lipinski definition) is 2. The molecule has 0 atom stereocenters. The van der Waals surface area contributed by atoms with Gasteiger partial charge in [-0.05, 0) is 59.9 Å². The van der Waals surface area contributed by atoms with Crippen molar-refractivity contribution in [2.24, 2.45) is 0 Å². The number of anilines is 1. The second kappa shape index (κ2) is 8.69. The lowest BCUT2D eigenvalue weighted by Gasteiger charge is -2.29. The molecule has 2 aromatic carbocycles. The molecule has 154 valence electrons. The predicted octanol–water partition coefficient (Wildman–Crippen LogP) is 6.58. The van der Waals surface area contributed by atoms with Crippen LogP contribution in [0.4, 0.5) is 5.69 Å². The highest BCUT2D eigenvalue weighted by atomic mass is 32.2. The van der Waals surface area contributed by atoms with Crippen molar-refractivity contribution in [2.45, 2.75) is 78.0 Å². The summed E-state index contributed by atoms with van der Waals surface area (Å²) in [5.41, 5.74) is 4.75. The Hall–Kier alpha value is -1.81. The number of hydrogen-bond donors (Lipinski definition) is 0. The van der Waals surface area contributed by atoms with E-state index < -0.39 is 10.0 Å². The largest absolute Gasteiger partial charge is 0.266 e. The van der Waals surface area contributed by atoms with Crippen molar-refractivity contribution < 1.29 is 8.42 Å². The van der Waals surface area contributed by atoms with Crippen molar-refractivity contribution in [2.75, 3.05) is 10.8 Å². The summed E-state index contributed by atoms with van der Waals surface area (Å²) in [4.78, 5) is 0.493. The molecule has 0 saturated heterocycles. The maximum Gasteiger partial charge on any atom is 0.264 e. The lowest BCUT2D eigenvalue weighted by Crippen LogP contribution is -2.33. The highest BCUT2D eigenvalue weighted by Gasteiger charge is 2.32. The van der Waals surface area contributed by atoms with E-state index in [2.05, 4.69) is 53.7 Å². The third-order valence-corrected chi connectivity index (χ3v) is 7.32. The van der Waals surface area contributed by atoms with Crippen molar-refractivity contribution in [1.82, 2.24) is 0 Å². The van der Waals surface area contributed by atoms with Gasteiger partial charge in [-0.25, -0.2) is 8.42 Å². The van der Waals surface area contributed by atoms with Gasteiger partial charge in [-0.15, -0.1) is 0 Å². The van der Waals surface area contributed by atoms with E-state index in [0.29, 0.717) is 17.4 Å². The van der Waals surface area contributed by atoms with Crippen LogP contribution in [0.5, 0.6) is 0 Å². The fourth-order valence-corrected chi connectivity index (χ4v) is 5.82. The van der Waals surface area contributed by atoms with Gasteiger partial charge in [-0.2, -0.15) is 0 Å². The summed E-state index contributed by atoms with van der Waals surface area (Å²) in [5.74, 6) is 0.596. The first kappa shape index (κ1) is 22.5. The van der Waals surface area contributed by atoms with Crippen LogP contribution < -0.4 is 4.31 Å². The topological polar surface area (TPSA) is 37.4 Å². The first-order valence-electron chi connectivity index (χ1n) is 10.3. The molecule has 28 heavy (non-hydrogen) atoms. The number of benzene rings is 2. The Bertz CT molecular complexity index is 898. The number of sulfonamides is 1. The van der Waals surface area contributed by atoms with E-state index in [0.717, 1.165) is 22.4 Å². The van der Waals surface area contributed by atoms with Gasteiger partial charge >= 0.3 is 0 Å². The summed E-state index contributed by atoms with van der Waals surface area (Å²) in [6, 6.07) is 11.9. The van der Waals surface area contributed by atoms with Crippen LogP contribution in [0.15, 0.2) is 41.3 Å². The molecule has 0 aliphatic rings. The van der Waals surface area contributed by atoms with E-state index in [1.807, 2.05) is 38.1 Å². The van der Waals surface area contributed by atoms with Crippen LogP contribution in [0.2, 0.25) is 0 Å². The highest BCUT2D eigenvalue weighted by molar-refractivity contribution is 7.93. The van der Waals surface area contributed by atoms with Crippen molar-refractivity contribution in [3.63, 3.8) is 0 Å². The summed E-state index contributed by atoms with van der Waals surface area (Å²) in [7, 11) is -3.69. The Morgan fingerprint density at radius 2 is 1.36 bits per heavy atom. The average Bonchev–Trinajstić information content (AvgIpc) is 2.62. The molecule has 2 rings (SSSR count). The molecule has 0 bridgehead atoms. The molecule has 0 unspecified atom stereocenters. The van der Waals surface area contributed by atoms with Gasteiger partial charge < -0.3 is 0 Å². The molecule has 0 fully saturated rings. The minimum atomic E-state index is -3.69. The number of aryl methyl sites for hydroxylation is 1. The van der Waals surface area contributed by atoms with Gasteiger partial charge in [0, 0.05) is 6.54 Å². The number of nitrogens with zero attached hydrogens (tertiary/aromatic N) is 1. The maximum absolute atomic E-state index is 14.0. The van der Waals surface area contributed by atoms with Crippen LogP contribution in [0.3, 0.4) is 0 Å². The molecule has 0 saturated carbocycles. The molecular weight excluding hydrogens is 366 g/mol. The van der Waals surface area contributed by atoms with Gasteiger partial charge in [0.25, 0.3) is 10.0 Å². The van der Waals surface area contributed by atoms with E-state index in [1.165, 1.54) is 5.56 Å². The van der Waals surface area contributed by atoms with Gasteiger partial charge in [0.15, 0.2) is 0 Å². The average molecular weight is 402 g/mol. The quantitative estimate of drug-likeness (QED) is 0.525. The molecule has 0 aliphatic heterocycles. The monoisotopic (exact) mass is 401 g/mol. The van der Waals surface area contributed by atoms with Crippen molar-refractivity contribution in [3.05, 3.63) is 58.7 Å². The SMILES string of the molecule is CCN(c1ccccc1C)S(=O)(=O)c1c(C(C)C)cc(C(C)C)cc1C(C)C. The van der Waals surface area contributed by atoms with Crippen LogP contribution in [0.25, 0.3) is 0 Å². The lowest BCUT2D eigenvalue weighted by atomic mass is 9.89. The van der Waals surface area contributed by atoms with Gasteiger partial charge in [-0.1, -0.05) is 71.9 Å². The van der Waals surface area contributed by atoms with E-state index >= 15 is 0 Å². The Balaban J connectivity index is 2.85. The van der Waals surface area contributed by atoms with Crippen molar-refractivity contribution >= 4 is 15.7 Å². The molecule has 3 nitrogen and oxygen atoms in total. The zero-order chi connectivity index (χ0) is 21.2. The lowest BCUT2D eigenvalue weighted by molar-refractivity contribution is 0.586. The van der Waals surface area contributed by atoms with Gasteiger partial charge in [0.1, 0.15) is 0 Å². The van der Waals surface area contributed by atoms with Crippen LogP contribution in [0.1, 0.15) is 88.5 Å². The molecule has 0 spiro atoms. The molecule has 0 N–H and O–H groups in total. The van der Waals surface area contributed by atoms with E-state index in [9.17, 15) is 8.42 Å². The van der Waals surface area contributed by atoms with Gasteiger partial charge in [0.05, 0.1) is 10.6 Å². The van der Waals surface area contributed by atoms with Gasteiger partial charge in [0.2, 0.25) is 0 Å². The third kappa shape index (κ3) is 4.27. The molecule has 0 radical (unpaired) electrons. The van der Waals surface area contributed by atoms with Crippen LogP contribution >= 0.6 is 0 Å². The molecular formula is C24H35NO2S. The van der Waals surface area contributed by atoms with Crippen LogP contribution in [-0.2, 0) is 10.0 Å². The zero-order valence-corrected chi connectivity index (χ0v) is 19.4. The second-order valence-electron chi connectivity index (χ2n) is 8.45. The maximum atomic E-state index is 14.0. The molecule has 2 aromatic rings. The van der Waals surface area contributed by atoms with Crippen LogP contribution in [-0.4, -0.2) is 15.0 Å². The van der Waals surface area contributed by atoms with Crippen molar-refractivity contribution in [3.8, 4) is 0 Å². The Morgan fingerprint density at radius 3 is 1.75 bits per heavy atom. The molecule has 0 aromatic heterocycles. The second-order valence-corrected chi connectivity index (χ2v) is 10.2. The minimum Gasteiger partial charge on any atom is -0.266 e. The summed E-state index contributed by atoms with van der Waals surface area (Å²) >= 11 is 0. The standard InChI is InChI=1S/C24H35NO2S/c1-9-25(23-13-11-10-12-19(23)8)28(26,27)24-21(17(4)5)14-20(16(2)3)15-22(24)18(6)7/h10-18H,9H2,1-8H3. The molecule has 0 heterocycles. The first-order valence-corrected chi connectivity index (χ1v) is 11.7. The normalized spacial score (nSPS) is 12.2. The van der Waals surface area contributed by atoms with E-state index in [-0.39, 0.29) is 11.8 Å². The predicted molar refractivity (Wildman–Crippen MR) is 120 cm³/mol. The Labute approximate surface area is 171 Å². The fourth-order valence-electron chi connectivity index (χ4n) is 3.61. The van der Waals surface area contributed by atoms with Crippen molar-refractivity contribution in [1.29, 1.82) is 0 Å². The molecule has 4 heteroatoms. The zero-order valence-electron chi connectivity index (χ0n) is 18.6. The molecule has 0 aliphatic carbocycles. The number of rotatable bonds is 7. The summed E-state index contributed by atoms with van der Waals surface area (Å²) < 4.78 is 29.5. The van der Waals surface area contributed by atoms with Gasteiger partial charge in [-0.3, -0.25) is 4.31 Å². The van der Waals surface area contributed by atoms with E-state index in [1.54, 1.807) is 4.31 Å². The first-order chi connectivity index (χ1) is 13.0. The molecule has 0 amide bonds. The summed E-state index contributed by atoms with van der Waals surface area (Å²) in [5, 5.41) is 0. The summed E-state index contributed by atoms with van der Waals surface area (Å²) in [6.07, 6.45) is 0. The van der Waals surface area contributed by atoms with E-state index in [4.69, 9.17) is 0 Å². The minimum absolute atomic E-state index is 0.122. The third-order valence-electron chi connectivity index (χ3n) is 5.30.